The Kier molecular flexibility index (Phi) is 11.1. The Morgan fingerprint density at radius 2 is 1.48 bits per heavy atom. The first kappa shape index (κ1) is 39.0. The summed E-state index contributed by atoms with van der Waals surface area (Å²) in [6, 6.07) is -3.20. The van der Waals surface area contributed by atoms with E-state index in [2.05, 4.69) is 35.1 Å². The Labute approximate surface area is 310 Å². The maximum absolute atomic E-state index is 14.8. The quantitative estimate of drug-likeness (QED) is 0.194. The molecular formula is C39H63N5O7S. The van der Waals surface area contributed by atoms with Gasteiger partial charge in [-0.1, -0.05) is 65.2 Å². The van der Waals surface area contributed by atoms with Gasteiger partial charge in [0, 0.05) is 12.6 Å². The van der Waals surface area contributed by atoms with Crippen LogP contribution in [0.3, 0.4) is 0 Å². The van der Waals surface area contributed by atoms with Gasteiger partial charge >= 0.3 is 6.03 Å². The van der Waals surface area contributed by atoms with Gasteiger partial charge in [0.25, 0.3) is 5.91 Å². The molecule has 52 heavy (non-hydrogen) atoms. The van der Waals surface area contributed by atoms with Crippen LogP contribution in [0.25, 0.3) is 0 Å². The molecule has 5 atom stereocenters. The van der Waals surface area contributed by atoms with E-state index in [9.17, 15) is 32.4 Å². The lowest BCUT2D eigenvalue weighted by molar-refractivity contribution is -0.145. The summed E-state index contributed by atoms with van der Waals surface area (Å²) in [6.07, 6.45) is 13.1. The molecule has 5 amide bonds. The summed E-state index contributed by atoms with van der Waals surface area (Å²) in [5, 5.41) is 11.8. The number of sulfone groups is 1. The summed E-state index contributed by atoms with van der Waals surface area (Å²) in [6.45, 7) is 9.61. The fourth-order valence-electron chi connectivity index (χ4n) is 9.35. The molecule has 13 heteroatoms. The van der Waals surface area contributed by atoms with Gasteiger partial charge in [0.05, 0.1) is 22.1 Å². The third kappa shape index (κ3) is 8.65. The summed E-state index contributed by atoms with van der Waals surface area (Å²) in [5.41, 5.74) is -1.10. The molecule has 6 fully saturated rings. The first-order valence-corrected chi connectivity index (χ1v) is 21.8. The lowest BCUT2D eigenvalue weighted by atomic mass is 9.82. The predicted octanol–water partition coefficient (Wildman–Crippen LogP) is 4.16. The van der Waals surface area contributed by atoms with E-state index in [-0.39, 0.29) is 40.9 Å². The standard InChI is InChI=1S/C39H63N5O7S/c1-37(2,3)52(50,51)23-39(20-10-7-11-21-39)43-36(49)42-30(25-12-8-6-9-13-25)35(48)44-22-27-29(38(27,4)5)31(44)33(46)41-28(19-16-24-14-15-24)32(45)34(47)40-26-17-18-26/h24-31H,6-23H2,1-5H3,(H,40,47)(H,41,46)(H2,42,43,49)/t27?,28-,29?,30-,31-/m0/s1. The van der Waals surface area contributed by atoms with E-state index < -0.39 is 61.9 Å². The van der Waals surface area contributed by atoms with Gasteiger partial charge < -0.3 is 26.2 Å². The van der Waals surface area contributed by atoms with Crippen LogP contribution in [0, 0.1) is 29.1 Å². The van der Waals surface area contributed by atoms with Crippen molar-refractivity contribution in [2.24, 2.45) is 29.1 Å². The second-order valence-electron chi connectivity index (χ2n) is 18.8. The van der Waals surface area contributed by atoms with Gasteiger partial charge in [-0.05, 0) is 101 Å². The summed E-state index contributed by atoms with van der Waals surface area (Å²) in [4.78, 5) is 70.9. The molecule has 0 bridgehead atoms. The minimum absolute atomic E-state index is 0.0181. The number of hydrogen-bond donors (Lipinski definition) is 4. The van der Waals surface area contributed by atoms with Crippen molar-refractivity contribution in [1.29, 1.82) is 0 Å². The topological polar surface area (TPSA) is 171 Å². The zero-order valence-corrected chi connectivity index (χ0v) is 32.9. The zero-order chi connectivity index (χ0) is 37.6. The van der Waals surface area contributed by atoms with E-state index in [4.69, 9.17) is 0 Å². The van der Waals surface area contributed by atoms with E-state index in [0.717, 1.165) is 83.5 Å². The third-order valence-electron chi connectivity index (χ3n) is 13.4. The predicted molar refractivity (Wildman–Crippen MR) is 198 cm³/mol. The molecule has 1 saturated heterocycles. The first-order chi connectivity index (χ1) is 24.4. The van der Waals surface area contributed by atoms with Crippen molar-refractivity contribution >= 4 is 39.4 Å². The fourth-order valence-corrected chi connectivity index (χ4v) is 10.9. The maximum atomic E-state index is 14.8. The number of carbonyl (C=O) groups is 5. The number of nitrogens with one attached hydrogen (secondary N) is 4. The number of hydrogen-bond acceptors (Lipinski definition) is 7. The highest BCUT2D eigenvalue weighted by atomic mass is 32.2. The van der Waals surface area contributed by atoms with Crippen molar-refractivity contribution in [3.63, 3.8) is 0 Å². The van der Waals surface area contributed by atoms with Crippen molar-refractivity contribution in [1.82, 2.24) is 26.2 Å². The van der Waals surface area contributed by atoms with Gasteiger partial charge in [-0.25, -0.2) is 13.2 Å². The number of nitrogens with zero attached hydrogens (tertiary/aromatic N) is 1. The van der Waals surface area contributed by atoms with Crippen molar-refractivity contribution in [3.8, 4) is 0 Å². The van der Waals surface area contributed by atoms with Crippen LogP contribution in [0.2, 0.25) is 0 Å². The summed E-state index contributed by atoms with van der Waals surface area (Å²) in [5.74, 6) is -1.81. The average Bonchev–Trinajstić information content (AvgIpc) is 4.04. The Balaban J connectivity index is 1.21. The lowest BCUT2D eigenvalue weighted by Gasteiger charge is -2.41. The van der Waals surface area contributed by atoms with Crippen molar-refractivity contribution in [3.05, 3.63) is 0 Å². The normalized spacial score (nSPS) is 28.2. The van der Waals surface area contributed by atoms with E-state index in [1.165, 1.54) is 0 Å². The second kappa shape index (κ2) is 14.9. The van der Waals surface area contributed by atoms with Gasteiger partial charge in [-0.15, -0.1) is 0 Å². The number of ketones is 1. The number of piperidine rings is 1. The van der Waals surface area contributed by atoms with Gasteiger partial charge in [0.1, 0.15) is 12.1 Å². The molecule has 0 spiro atoms. The highest BCUT2D eigenvalue weighted by Crippen LogP contribution is 2.65. The third-order valence-corrected chi connectivity index (χ3v) is 16.2. The van der Waals surface area contributed by atoms with E-state index in [0.29, 0.717) is 31.7 Å². The number of Topliss-reactive ketones (excluding diaryl/α,β-unsaturated/α-hetero) is 1. The molecule has 6 rings (SSSR count). The minimum Gasteiger partial charge on any atom is -0.347 e. The molecule has 4 N–H and O–H groups in total. The van der Waals surface area contributed by atoms with Crippen LogP contribution in [-0.2, 0) is 29.0 Å². The summed E-state index contributed by atoms with van der Waals surface area (Å²) in [7, 11) is -3.55. The van der Waals surface area contributed by atoms with E-state index >= 15 is 0 Å². The van der Waals surface area contributed by atoms with Crippen molar-refractivity contribution in [2.45, 2.75) is 172 Å². The van der Waals surface area contributed by atoms with Crippen LogP contribution >= 0.6 is 0 Å². The minimum atomic E-state index is -3.55. The fraction of sp³-hybridized carbons (Fsp3) is 0.872. The van der Waals surface area contributed by atoms with Crippen molar-refractivity contribution in [2.75, 3.05) is 12.3 Å². The first-order valence-electron chi connectivity index (χ1n) is 20.2. The van der Waals surface area contributed by atoms with Crippen LogP contribution in [0.1, 0.15) is 137 Å². The largest absolute Gasteiger partial charge is 0.347 e. The Bertz CT molecular complexity index is 1500. The van der Waals surface area contributed by atoms with Gasteiger partial charge in [-0.2, -0.15) is 0 Å². The van der Waals surface area contributed by atoms with Crippen LogP contribution in [0.5, 0.6) is 0 Å². The zero-order valence-electron chi connectivity index (χ0n) is 32.1. The number of fused-ring (bicyclic) bond motifs is 1. The number of rotatable bonds is 14. The maximum Gasteiger partial charge on any atom is 0.315 e. The van der Waals surface area contributed by atoms with Gasteiger partial charge in [0.2, 0.25) is 17.6 Å². The van der Waals surface area contributed by atoms with Crippen LogP contribution in [0.4, 0.5) is 4.79 Å². The van der Waals surface area contributed by atoms with Crippen LogP contribution in [-0.4, -0.2) is 89.6 Å². The lowest BCUT2D eigenvalue weighted by Crippen LogP contribution is -2.63. The number of likely N-dealkylation sites (tertiary alicyclic amines) is 1. The molecule has 0 aromatic heterocycles. The van der Waals surface area contributed by atoms with E-state index in [1.54, 1.807) is 25.7 Å². The highest BCUT2D eigenvalue weighted by Gasteiger charge is 2.70. The molecular weight excluding hydrogens is 683 g/mol. The molecule has 1 heterocycles. The molecule has 0 aromatic carbocycles. The smallest absolute Gasteiger partial charge is 0.315 e. The Morgan fingerprint density at radius 1 is 0.846 bits per heavy atom. The molecule has 6 aliphatic rings. The number of amides is 5. The molecule has 0 aromatic rings. The monoisotopic (exact) mass is 745 g/mol. The number of urea groups is 1. The Morgan fingerprint density at radius 3 is 2.08 bits per heavy atom. The van der Waals surface area contributed by atoms with Gasteiger partial charge in [-0.3, -0.25) is 19.2 Å². The number of carbonyl (C=O) groups excluding carboxylic acids is 5. The van der Waals surface area contributed by atoms with Gasteiger partial charge in [0.15, 0.2) is 9.84 Å². The molecule has 1 aliphatic heterocycles. The van der Waals surface area contributed by atoms with Crippen molar-refractivity contribution < 1.29 is 32.4 Å². The van der Waals surface area contributed by atoms with Crippen LogP contribution in [0.15, 0.2) is 0 Å². The highest BCUT2D eigenvalue weighted by molar-refractivity contribution is 7.92. The molecule has 5 saturated carbocycles. The van der Waals surface area contributed by atoms with Crippen LogP contribution < -0.4 is 21.3 Å². The summed E-state index contributed by atoms with van der Waals surface area (Å²) < 4.78 is 25.9. The SMILES string of the molecule is CC1(C)C2CN(C(=O)[C@@H](NC(=O)NC3(CS(=O)(=O)C(C)(C)C)CCCCC3)C3CCCCC3)[C@H](C(=O)N[C@@H](CCC3CC3)C(=O)C(=O)NC3CC3)C21. The Hall–Kier alpha value is -2.70. The molecule has 0 radical (unpaired) electrons. The molecule has 292 valence electrons. The second-order valence-corrected chi connectivity index (χ2v) is 21.5. The molecule has 12 nitrogen and oxygen atoms in total. The average molecular weight is 746 g/mol. The molecule has 5 aliphatic carbocycles. The molecule has 2 unspecified atom stereocenters. The van der Waals surface area contributed by atoms with E-state index in [1.807, 2.05) is 0 Å². The summed E-state index contributed by atoms with van der Waals surface area (Å²) >= 11 is 0.